The molecule has 88 valence electrons. The van der Waals surface area contributed by atoms with Crippen LogP contribution < -0.4 is 4.74 Å². The quantitative estimate of drug-likeness (QED) is 0.755. The highest BCUT2D eigenvalue weighted by molar-refractivity contribution is 5.80. The Morgan fingerprint density at radius 3 is 2.59 bits per heavy atom. The van der Waals surface area contributed by atoms with Gasteiger partial charge in [-0.25, -0.2) is 4.68 Å². The molecule has 0 spiro atoms. The molecule has 0 saturated carbocycles. The fraction of sp³-hybridized carbons (Fsp3) is 0.250. The van der Waals surface area contributed by atoms with Crippen LogP contribution >= 0.6 is 0 Å². The van der Waals surface area contributed by atoms with Gasteiger partial charge in [0, 0.05) is 0 Å². The molecule has 5 heteroatoms. The van der Waals surface area contributed by atoms with Crippen LogP contribution in [-0.4, -0.2) is 28.2 Å². The van der Waals surface area contributed by atoms with Gasteiger partial charge in [-0.1, -0.05) is 12.1 Å². The zero-order valence-corrected chi connectivity index (χ0v) is 10.1. The average Bonchev–Trinajstić information content (AvgIpc) is 2.67. The van der Waals surface area contributed by atoms with Crippen LogP contribution in [0.1, 0.15) is 17.2 Å². The van der Waals surface area contributed by atoms with E-state index in [0.29, 0.717) is 0 Å². The van der Waals surface area contributed by atoms with Gasteiger partial charge in [0.2, 0.25) is 0 Å². The van der Waals surface area contributed by atoms with Gasteiger partial charge in [-0.15, -0.1) is 10.2 Å². The van der Waals surface area contributed by atoms with Crippen molar-refractivity contribution >= 4 is 6.21 Å². The number of ether oxygens (including phenoxy) is 1. The second-order valence-electron chi connectivity index (χ2n) is 3.63. The molecule has 5 nitrogen and oxygen atoms in total. The molecule has 1 heterocycles. The fourth-order valence-electron chi connectivity index (χ4n) is 1.48. The van der Waals surface area contributed by atoms with Crippen molar-refractivity contribution in [2.24, 2.45) is 5.10 Å². The Hall–Kier alpha value is -2.17. The van der Waals surface area contributed by atoms with Crippen molar-refractivity contribution in [1.82, 2.24) is 14.9 Å². The minimum absolute atomic E-state index is 0.765. The Morgan fingerprint density at radius 1 is 1.24 bits per heavy atom. The van der Waals surface area contributed by atoms with E-state index in [9.17, 15) is 0 Å². The van der Waals surface area contributed by atoms with Crippen molar-refractivity contribution in [3.63, 3.8) is 0 Å². The SMILES string of the molecule is COc1cccc(/C=N/n2c(C)nnc2C)c1. The second kappa shape index (κ2) is 4.78. The largest absolute Gasteiger partial charge is 0.497 e. The van der Waals surface area contributed by atoms with Crippen LogP contribution in [0.15, 0.2) is 29.4 Å². The molecule has 0 amide bonds. The summed E-state index contributed by atoms with van der Waals surface area (Å²) in [5.41, 5.74) is 0.969. The molecule has 0 aliphatic carbocycles. The van der Waals surface area contributed by atoms with E-state index in [2.05, 4.69) is 15.3 Å². The van der Waals surface area contributed by atoms with Crippen LogP contribution in [0, 0.1) is 13.8 Å². The van der Waals surface area contributed by atoms with Crippen LogP contribution in [0.3, 0.4) is 0 Å². The van der Waals surface area contributed by atoms with Crippen molar-refractivity contribution in [2.45, 2.75) is 13.8 Å². The number of rotatable bonds is 3. The molecule has 0 N–H and O–H groups in total. The molecular formula is C12H14N4O. The zero-order valence-electron chi connectivity index (χ0n) is 10.1. The van der Waals surface area contributed by atoms with E-state index in [1.165, 1.54) is 0 Å². The number of benzene rings is 1. The van der Waals surface area contributed by atoms with Crippen LogP contribution in [0.4, 0.5) is 0 Å². The first-order chi connectivity index (χ1) is 8.20. The molecule has 1 aromatic heterocycles. The van der Waals surface area contributed by atoms with E-state index >= 15 is 0 Å². The Balaban J connectivity index is 2.26. The molecule has 2 aromatic rings. The van der Waals surface area contributed by atoms with Gasteiger partial charge in [-0.05, 0) is 31.5 Å². The molecule has 2 rings (SSSR count). The highest BCUT2D eigenvalue weighted by atomic mass is 16.5. The molecule has 0 unspecified atom stereocenters. The lowest BCUT2D eigenvalue weighted by atomic mass is 10.2. The van der Waals surface area contributed by atoms with Gasteiger partial charge >= 0.3 is 0 Å². The average molecular weight is 230 g/mol. The summed E-state index contributed by atoms with van der Waals surface area (Å²) in [6.07, 6.45) is 1.76. The van der Waals surface area contributed by atoms with E-state index in [1.54, 1.807) is 18.0 Å². The van der Waals surface area contributed by atoms with Crippen LogP contribution in [-0.2, 0) is 0 Å². The molecule has 17 heavy (non-hydrogen) atoms. The van der Waals surface area contributed by atoms with Gasteiger partial charge in [0.05, 0.1) is 13.3 Å². The van der Waals surface area contributed by atoms with Gasteiger partial charge in [-0.3, -0.25) is 0 Å². The smallest absolute Gasteiger partial charge is 0.151 e. The van der Waals surface area contributed by atoms with Crippen LogP contribution in [0.2, 0.25) is 0 Å². The first-order valence-corrected chi connectivity index (χ1v) is 5.28. The zero-order chi connectivity index (χ0) is 12.3. The third kappa shape index (κ3) is 2.50. The lowest BCUT2D eigenvalue weighted by molar-refractivity contribution is 0.415. The number of hydrogen-bond acceptors (Lipinski definition) is 4. The summed E-state index contributed by atoms with van der Waals surface area (Å²) in [7, 11) is 1.64. The second-order valence-corrected chi connectivity index (χ2v) is 3.63. The standard InChI is InChI=1S/C12H14N4O/c1-9-14-15-10(2)16(9)13-8-11-5-4-6-12(7-11)17-3/h4-8H,1-3H3/b13-8+. The van der Waals surface area contributed by atoms with Gasteiger partial charge in [0.25, 0.3) is 0 Å². The molecule has 1 aromatic carbocycles. The van der Waals surface area contributed by atoms with E-state index in [4.69, 9.17) is 4.74 Å². The highest BCUT2D eigenvalue weighted by Crippen LogP contribution is 2.11. The van der Waals surface area contributed by atoms with Crippen LogP contribution in [0.25, 0.3) is 0 Å². The maximum Gasteiger partial charge on any atom is 0.151 e. The molecule has 0 radical (unpaired) electrons. The maximum atomic E-state index is 5.15. The Morgan fingerprint density at radius 2 is 1.94 bits per heavy atom. The summed E-state index contributed by atoms with van der Waals surface area (Å²) in [6, 6.07) is 7.69. The minimum atomic E-state index is 0.765. The van der Waals surface area contributed by atoms with Gasteiger partial charge in [-0.2, -0.15) is 5.10 Å². The Bertz CT molecular complexity index is 526. The van der Waals surface area contributed by atoms with Crippen molar-refractivity contribution in [1.29, 1.82) is 0 Å². The minimum Gasteiger partial charge on any atom is -0.497 e. The summed E-state index contributed by atoms with van der Waals surface area (Å²) in [6.45, 7) is 3.73. The van der Waals surface area contributed by atoms with Gasteiger partial charge in [0.15, 0.2) is 11.6 Å². The summed E-state index contributed by atoms with van der Waals surface area (Å²) < 4.78 is 6.84. The molecule has 0 fully saturated rings. The van der Waals surface area contributed by atoms with Crippen molar-refractivity contribution < 1.29 is 4.74 Å². The van der Waals surface area contributed by atoms with Crippen LogP contribution in [0.5, 0.6) is 5.75 Å². The highest BCUT2D eigenvalue weighted by Gasteiger charge is 2.01. The van der Waals surface area contributed by atoms with E-state index in [-0.39, 0.29) is 0 Å². The summed E-state index contributed by atoms with van der Waals surface area (Å²) >= 11 is 0. The molecule has 0 atom stereocenters. The van der Waals surface area contributed by atoms with Crippen molar-refractivity contribution in [3.8, 4) is 5.75 Å². The number of aryl methyl sites for hydroxylation is 2. The van der Waals surface area contributed by atoms with Crippen molar-refractivity contribution in [2.75, 3.05) is 7.11 Å². The first-order valence-electron chi connectivity index (χ1n) is 5.28. The third-order valence-electron chi connectivity index (χ3n) is 2.37. The number of aromatic nitrogens is 3. The van der Waals surface area contributed by atoms with E-state index < -0.39 is 0 Å². The number of methoxy groups -OCH3 is 1. The van der Waals surface area contributed by atoms with E-state index in [0.717, 1.165) is 23.0 Å². The molecule has 0 bridgehead atoms. The Labute approximate surface area is 99.8 Å². The predicted molar refractivity (Wildman–Crippen MR) is 65.5 cm³/mol. The molecular weight excluding hydrogens is 216 g/mol. The normalized spacial score (nSPS) is 11.0. The fourth-order valence-corrected chi connectivity index (χ4v) is 1.48. The first kappa shape index (κ1) is 11.3. The predicted octanol–water partition coefficient (Wildman–Crippen LogP) is 1.79. The summed E-state index contributed by atoms with van der Waals surface area (Å²) in [4.78, 5) is 0. The topological polar surface area (TPSA) is 52.3 Å². The van der Waals surface area contributed by atoms with Crippen molar-refractivity contribution in [3.05, 3.63) is 41.5 Å². The molecule has 0 saturated heterocycles. The summed E-state index contributed by atoms with van der Waals surface area (Å²) in [5.74, 6) is 2.34. The van der Waals surface area contributed by atoms with Gasteiger partial charge in [0.1, 0.15) is 5.75 Å². The Kier molecular flexibility index (Phi) is 3.18. The molecule has 0 aliphatic rings. The number of nitrogens with zero attached hydrogens (tertiary/aromatic N) is 4. The lowest BCUT2D eigenvalue weighted by Gasteiger charge is -2.00. The number of hydrogen-bond donors (Lipinski definition) is 0. The lowest BCUT2D eigenvalue weighted by Crippen LogP contribution is -1.96. The molecule has 0 aliphatic heterocycles. The maximum absolute atomic E-state index is 5.15. The monoisotopic (exact) mass is 230 g/mol. The van der Waals surface area contributed by atoms with E-state index in [1.807, 2.05) is 38.1 Å². The third-order valence-corrected chi connectivity index (χ3v) is 2.37. The summed E-state index contributed by atoms with van der Waals surface area (Å²) in [5, 5.41) is 12.2. The van der Waals surface area contributed by atoms with Gasteiger partial charge < -0.3 is 4.74 Å².